The molecule has 7 nitrogen and oxygen atoms in total. The van der Waals surface area contributed by atoms with Crippen LogP contribution in [0.15, 0.2) is 34.7 Å². The number of hydrogen-bond acceptors (Lipinski definition) is 5. The number of benzene rings is 1. The maximum absolute atomic E-state index is 11.3. The van der Waals surface area contributed by atoms with Gasteiger partial charge in [-0.25, -0.2) is 5.84 Å². The summed E-state index contributed by atoms with van der Waals surface area (Å²) in [5.41, 5.74) is 9.40. The first kappa shape index (κ1) is 11.3. The first-order valence-corrected chi connectivity index (χ1v) is 5.54. The summed E-state index contributed by atoms with van der Waals surface area (Å²) in [6.45, 7) is 0. The Kier molecular flexibility index (Phi) is 2.46. The van der Waals surface area contributed by atoms with E-state index in [2.05, 4.69) is 10.2 Å². The van der Waals surface area contributed by atoms with Crippen LogP contribution >= 0.6 is 0 Å². The largest absolute Gasteiger partial charge is 0.451 e. The number of nitrogens with two attached hydrogens (primary N) is 2. The highest BCUT2D eigenvalue weighted by Gasteiger charge is 2.12. The molecule has 96 valence electrons. The van der Waals surface area contributed by atoms with E-state index >= 15 is 0 Å². The standard InChI is InChI=1S/C12H11N5O2/c13-11-7-5-6(1-2-8(7)16-17-11)9-3-4-10(19-9)12(18)15-14/h1-5H,14H2,(H,15,18)(H3,13,16,17). The maximum atomic E-state index is 11.3. The van der Waals surface area contributed by atoms with E-state index in [4.69, 9.17) is 16.0 Å². The van der Waals surface area contributed by atoms with Crippen molar-refractivity contribution in [1.29, 1.82) is 0 Å². The SMILES string of the molecule is NNC(=O)c1ccc(-c2ccc3[nH]nc(N)c3c2)o1. The third-order valence-corrected chi connectivity index (χ3v) is 2.84. The molecule has 1 amide bonds. The number of H-pyrrole nitrogens is 1. The number of fused-ring (bicyclic) bond motifs is 1. The van der Waals surface area contributed by atoms with Crippen molar-refractivity contribution in [2.24, 2.45) is 5.84 Å². The molecule has 2 aromatic heterocycles. The molecule has 0 aliphatic rings. The van der Waals surface area contributed by atoms with Crippen molar-refractivity contribution in [3.05, 3.63) is 36.1 Å². The molecule has 19 heavy (non-hydrogen) atoms. The minimum atomic E-state index is -0.477. The second kappa shape index (κ2) is 4.14. The lowest BCUT2D eigenvalue weighted by Crippen LogP contribution is -2.29. The molecule has 2 heterocycles. The van der Waals surface area contributed by atoms with Crippen molar-refractivity contribution < 1.29 is 9.21 Å². The zero-order chi connectivity index (χ0) is 13.4. The molecule has 0 unspecified atom stereocenters. The number of nitrogens with zero attached hydrogens (tertiary/aromatic N) is 1. The van der Waals surface area contributed by atoms with Crippen molar-refractivity contribution >= 4 is 22.6 Å². The number of hydrogen-bond donors (Lipinski definition) is 4. The third kappa shape index (κ3) is 1.81. The number of hydrazine groups is 1. The normalized spacial score (nSPS) is 10.8. The van der Waals surface area contributed by atoms with Gasteiger partial charge < -0.3 is 10.2 Å². The van der Waals surface area contributed by atoms with Crippen molar-refractivity contribution in [3.63, 3.8) is 0 Å². The number of furan rings is 1. The minimum absolute atomic E-state index is 0.151. The summed E-state index contributed by atoms with van der Waals surface area (Å²) in [5.74, 6) is 5.69. The lowest BCUT2D eigenvalue weighted by atomic mass is 10.1. The van der Waals surface area contributed by atoms with Crippen LogP contribution in [-0.4, -0.2) is 16.1 Å². The maximum Gasteiger partial charge on any atom is 0.300 e. The highest BCUT2D eigenvalue weighted by Crippen LogP contribution is 2.27. The van der Waals surface area contributed by atoms with Crippen molar-refractivity contribution in [2.45, 2.75) is 0 Å². The van der Waals surface area contributed by atoms with Crippen LogP contribution in [0.4, 0.5) is 5.82 Å². The van der Waals surface area contributed by atoms with E-state index < -0.39 is 5.91 Å². The number of rotatable bonds is 2. The fourth-order valence-corrected chi connectivity index (χ4v) is 1.87. The Morgan fingerprint density at radius 3 is 2.95 bits per heavy atom. The average molecular weight is 257 g/mol. The molecular formula is C12H11N5O2. The van der Waals surface area contributed by atoms with Crippen molar-refractivity contribution in [1.82, 2.24) is 15.6 Å². The van der Waals surface area contributed by atoms with Gasteiger partial charge in [0, 0.05) is 10.9 Å². The van der Waals surface area contributed by atoms with Crippen LogP contribution in [0.2, 0.25) is 0 Å². The first-order chi connectivity index (χ1) is 9.19. The van der Waals surface area contributed by atoms with Crippen LogP contribution in [0.5, 0.6) is 0 Å². The number of nitrogen functional groups attached to an aromatic ring is 2. The van der Waals surface area contributed by atoms with E-state index in [1.54, 1.807) is 12.1 Å². The Bertz CT molecular complexity index is 758. The number of carbonyl (C=O) groups is 1. The van der Waals surface area contributed by atoms with E-state index in [0.717, 1.165) is 16.5 Å². The molecule has 0 fully saturated rings. The smallest absolute Gasteiger partial charge is 0.300 e. The second-order valence-corrected chi connectivity index (χ2v) is 4.01. The summed E-state index contributed by atoms with van der Waals surface area (Å²) in [4.78, 5) is 11.3. The van der Waals surface area contributed by atoms with E-state index in [0.29, 0.717) is 11.6 Å². The van der Waals surface area contributed by atoms with Gasteiger partial charge in [-0.2, -0.15) is 5.10 Å². The van der Waals surface area contributed by atoms with Gasteiger partial charge in [0.2, 0.25) is 0 Å². The number of nitrogens with one attached hydrogen (secondary N) is 2. The number of amides is 1. The third-order valence-electron chi connectivity index (χ3n) is 2.84. The highest BCUT2D eigenvalue weighted by molar-refractivity contribution is 5.93. The molecule has 1 aromatic carbocycles. The van der Waals surface area contributed by atoms with Crippen molar-refractivity contribution in [2.75, 3.05) is 5.73 Å². The lowest BCUT2D eigenvalue weighted by Gasteiger charge is -1.98. The minimum Gasteiger partial charge on any atom is -0.451 e. The van der Waals surface area contributed by atoms with Gasteiger partial charge in [-0.05, 0) is 30.3 Å². The van der Waals surface area contributed by atoms with Crippen LogP contribution in [0.3, 0.4) is 0 Å². The molecular weight excluding hydrogens is 246 g/mol. The quantitative estimate of drug-likeness (QED) is 0.310. The van der Waals surface area contributed by atoms with Gasteiger partial charge in [-0.3, -0.25) is 15.3 Å². The second-order valence-electron chi connectivity index (χ2n) is 4.01. The van der Waals surface area contributed by atoms with Gasteiger partial charge in [0.25, 0.3) is 0 Å². The Morgan fingerprint density at radius 2 is 2.16 bits per heavy atom. The van der Waals surface area contributed by atoms with Gasteiger partial charge in [-0.15, -0.1) is 0 Å². The molecule has 3 rings (SSSR count). The molecule has 0 radical (unpaired) electrons. The topological polar surface area (TPSA) is 123 Å². The monoisotopic (exact) mass is 257 g/mol. The zero-order valence-electron chi connectivity index (χ0n) is 9.81. The fourth-order valence-electron chi connectivity index (χ4n) is 1.87. The predicted octanol–water partition coefficient (Wildman–Crippen LogP) is 1.01. The zero-order valence-corrected chi connectivity index (χ0v) is 9.81. The van der Waals surface area contributed by atoms with Crippen LogP contribution in [0, 0.1) is 0 Å². The summed E-state index contributed by atoms with van der Waals surface area (Å²) < 4.78 is 5.42. The molecule has 0 atom stereocenters. The van der Waals surface area contributed by atoms with Gasteiger partial charge >= 0.3 is 5.91 Å². The van der Waals surface area contributed by atoms with Gasteiger partial charge in [-0.1, -0.05) is 0 Å². The predicted molar refractivity (Wildman–Crippen MR) is 69.9 cm³/mol. The first-order valence-electron chi connectivity index (χ1n) is 5.54. The van der Waals surface area contributed by atoms with Gasteiger partial charge in [0.15, 0.2) is 11.6 Å². The molecule has 0 bridgehead atoms. The molecule has 0 aliphatic carbocycles. The van der Waals surface area contributed by atoms with Gasteiger partial charge in [0.1, 0.15) is 5.76 Å². The fraction of sp³-hybridized carbons (Fsp3) is 0. The van der Waals surface area contributed by atoms with E-state index in [-0.39, 0.29) is 5.76 Å². The Morgan fingerprint density at radius 1 is 1.32 bits per heavy atom. The Balaban J connectivity index is 2.06. The molecule has 0 saturated heterocycles. The Labute approximate surface area is 107 Å². The molecule has 3 aromatic rings. The Hall–Kier alpha value is -2.80. The number of aromatic nitrogens is 2. The molecule has 0 saturated carbocycles. The van der Waals surface area contributed by atoms with Crippen molar-refractivity contribution in [3.8, 4) is 11.3 Å². The molecule has 6 N–H and O–H groups in total. The molecule has 0 spiro atoms. The average Bonchev–Trinajstić information content (AvgIpc) is 3.05. The summed E-state index contributed by atoms with van der Waals surface area (Å²) in [6, 6.07) is 8.79. The van der Waals surface area contributed by atoms with Crippen LogP contribution in [-0.2, 0) is 0 Å². The molecule has 7 heteroatoms. The van der Waals surface area contributed by atoms with Crippen LogP contribution in [0.1, 0.15) is 10.6 Å². The number of carbonyl (C=O) groups excluding carboxylic acids is 1. The van der Waals surface area contributed by atoms with Crippen LogP contribution in [0.25, 0.3) is 22.2 Å². The van der Waals surface area contributed by atoms with Crippen LogP contribution < -0.4 is 17.0 Å². The highest BCUT2D eigenvalue weighted by atomic mass is 16.4. The lowest BCUT2D eigenvalue weighted by molar-refractivity contribution is 0.0927. The number of aromatic amines is 1. The molecule has 0 aliphatic heterocycles. The summed E-state index contributed by atoms with van der Waals surface area (Å²) in [5, 5.41) is 7.54. The van der Waals surface area contributed by atoms with Gasteiger partial charge in [0.05, 0.1) is 5.52 Å². The van der Waals surface area contributed by atoms with E-state index in [9.17, 15) is 4.79 Å². The summed E-state index contributed by atoms with van der Waals surface area (Å²) >= 11 is 0. The summed E-state index contributed by atoms with van der Waals surface area (Å²) in [7, 11) is 0. The summed E-state index contributed by atoms with van der Waals surface area (Å²) in [6.07, 6.45) is 0. The van der Waals surface area contributed by atoms with E-state index in [1.807, 2.05) is 23.6 Å². The number of anilines is 1. The van der Waals surface area contributed by atoms with E-state index in [1.165, 1.54) is 0 Å².